The lowest BCUT2D eigenvalue weighted by molar-refractivity contribution is -0.153. The molecule has 0 heterocycles. The second-order valence-electron chi connectivity index (χ2n) is 2.13. The number of rotatable bonds is 6. The summed E-state index contributed by atoms with van der Waals surface area (Å²) in [6.07, 6.45) is -0.451. The van der Waals surface area contributed by atoms with Crippen LogP contribution in [0.4, 0.5) is 0 Å². The van der Waals surface area contributed by atoms with E-state index in [4.69, 9.17) is 5.11 Å². The number of aliphatic hydroxyl groups is 1. The highest BCUT2D eigenvalue weighted by Crippen LogP contribution is 1.93. The van der Waals surface area contributed by atoms with Crippen LogP contribution in [0.3, 0.4) is 0 Å². The summed E-state index contributed by atoms with van der Waals surface area (Å²) in [5.41, 5.74) is 0. The maximum absolute atomic E-state index is 10.7. The number of carbonyl (C=O) groups is 2. The van der Waals surface area contributed by atoms with Crippen molar-refractivity contribution in [2.45, 2.75) is 19.4 Å². The monoisotopic (exact) mass is 175 g/mol. The number of ether oxygens (including phenoxy) is 1. The van der Waals surface area contributed by atoms with Gasteiger partial charge in [0.05, 0.1) is 6.61 Å². The maximum Gasteiger partial charge on any atom is 0.335 e. The summed E-state index contributed by atoms with van der Waals surface area (Å²) in [6.45, 7) is 2.18. The van der Waals surface area contributed by atoms with Gasteiger partial charge in [0, 0.05) is 13.0 Å². The standard InChI is InChI=1S/C7H13NO4/c1-2-12-7(11)6(10)3-4-8-5-9/h5-6,10H,2-4H2,1H3,(H,8,9). The predicted molar refractivity (Wildman–Crippen MR) is 41.3 cm³/mol. The van der Waals surface area contributed by atoms with Crippen LogP contribution in [0, 0.1) is 0 Å². The molecular formula is C7H13NO4. The van der Waals surface area contributed by atoms with E-state index in [1.54, 1.807) is 6.92 Å². The first-order valence-corrected chi connectivity index (χ1v) is 3.74. The molecule has 0 radical (unpaired) electrons. The van der Waals surface area contributed by atoms with Crippen LogP contribution in [0.5, 0.6) is 0 Å². The van der Waals surface area contributed by atoms with E-state index in [9.17, 15) is 9.59 Å². The zero-order valence-corrected chi connectivity index (χ0v) is 6.95. The molecule has 12 heavy (non-hydrogen) atoms. The third kappa shape index (κ3) is 4.68. The van der Waals surface area contributed by atoms with Crippen LogP contribution in [-0.4, -0.2) is 36.7 Å². The number of amides is 1. The second kappa shape index (κ2) is 6.60. The molecule has 0 aromatic rings. The third-order valence-electron chi connectivity index (χ3n) is 1.20. The Morgan fingerprint density at radius 2 is 2.42 bits per heavy atom. The average Bonchev–Trinajstić information content (AvgIpc) is 2.05. The molecule has 1 amide bonds. The number of hydrogen-bond donors (Lipinski definition) is 2. The molecule has 1 unspecified atom stereocenters. The summed E-state index contributed by atoms with van der Waals surface area (Å²) in [7, 11) is 0. The van der Waals surface area contributed by atoms with Gasteiger partial charge in [0.15, 0.2) is 6.10 Å². The fraction of sp³-hybridized carbons (Fsp3) is 0.714. The molecule has 0 rings (SSSR count). The van der Waals surface area contributed by atoms with E-state index < -0.39 is 12.1 Å². The molecule has 0 spiro atoms. The molecule has 5 nitrogen and oxygen atoms in total. The van der Waals surface area contributed by atoms with Crippen molar-refractivity contribution in [2.24, 2.45) is 0 Å². The lowest BCUT2D eigenvalue weighted by atomic mass is 10.2. The van der Waals surface area contributed by atoms with Gasteiger partial charge in [-0.15, -0.1) is 0 Å². The van der Waals surface area contributed by atoms with E-state index in [1.807, 2.05) is 0 Å². The molecule has 0 aromatic heterocycles. The second-order valence-corrected chi connectivity index (χ2v) is 2.13. The Morgan fingerprint density at radius 1 is 1.75 bits per heavy atom. The molecule has 70 valence electrons. The molecule has 0 fully saturated rings. The van der Waals surface area contributed by atoms with E-state index >= 15 is 0 Å². The van der Waals surface area contributed by atoms with Crippen LogP contribution < -0.4 is 5.32 Å². The number of esters is 1. The zero-order chi connectivity index (χ0) is 9.40. The lowest BCUT2D eigenvalue weighted by Crippen LogP contribution is -2.27. The lowest BCUT2D eigenvalue weighted by Gasteiger charge is -2.08. The number of nitrogens with one attached hydrogen (secondary N) is 1. The highest BCUT2D eigenvalue weighted by atomic mass is 16.5. The van der Waals surface area contributed by atoms with Gasteiger partial charge in [-0.1, -0.05) is 0 Å². The Hall–Kier alpha value is -1.10. The molecule has 2 N–H and O–H groups in total. The molecular weight excluding hydrogens is 162 g/mol. The fourth-order valence-electron chi connectivity index (χ4n) is 0.635. The number of carbonyl (C=O) groups excluding carboxylic acids is 2. The quantitative estimate of drug-likeness (QED) is 0.310. The highest BCUT2D eigenvalue weighted by molar-refractivity contribution is 5.74. The molecule has 1 atom stereocenters. The first-order valence-electron chi connectivity index (χ1n) is 3.74. The fourth-order valence-corrected chi connectivity index (χ4v) is 0.635. The minimum absolute atomic E-state index is 0.178. The van der Waals surface area contributed by atoms with E-state index in [1.165, 1.54) is 0 Å². The molecule has 0 aromatic carbocycles. The van der Waals surface area contributed by atoms with Crippen molar-refractivity contribution < 1.29 is 19.4 Å². The minimum Gasteiger partial charge on any atom is -0.464 e. The van der Waals surface area contributed by atoms with Crippen LogP contribution in [0.2, 0.25) is 0 Å². The molecule has 0 saturated heterocycles. The van der Waals surface area contributed by atoms with Crippen LogP contribution in [-0.2, 0) is 14.3 Å². The Balaban J connectivity index is 3.49. The molecule has 0 bridgehead atoms. The van der Waals surface area contributed by atoms with Gasteiger partial charge in [0.1, 0.15) is 0 Å². The van der Waals surface area contributed by atoms with Gasteiger partial charge in [-0.05, 0) is 6.92 Å². The minimum atomic E-state index is -1.14. The van der Waals surface area contributed by atoms with Crippen LogP contribution in [0.15, 0.2) is 0 Å². The summed E-state index contributed by atoms with van der Waals surface area (Å²) in [5.74, 6) is -0.648. The SMILES string of the molecule is CCOC(=O)C(O)CCNC=O. The van der Waals surface area contributed by atoms with E-state index in [0.717, 1.165) is 0 Å². The topological polar surface area (TPSA) is 75.6 Å². The number of aliphatic hydroxyl groups excluding tert-OH is 1. The number of hydrogen-bond acceptors (Lipinski definition) is 4. The van der Waals surface area contributed by atoms with Gasteiger partial charge >= 0.3 is 5.97 Å². The van der Waals surface area contributed by atoms with E-state index in [-0.39, 0.29) is 19.6 Å². The van der Waals surface area contributed by atoms with Gasteiger partial charge in [0.2, 0.25) is 6.41 Å². The largest absolute Gasteiger partial charge is 0.464 e. The summed E-state index contributed by atoms with van der Waals surface area (Å²) in [6, 6.07) is 0. The van der Waals surface area contributed by atoms with Crippen molar-refractivity contribution >= 4 is 12.4 Å². The highest BCUT2D eigenvalue weighted by Gasteiger charge is 2.14. The molecule has 0 aliphatic heterocycles. The van der Waals surface area contributed by atoms with Crippen LogP contribution in [0.1, 0.15) is 13.3 Å². The summed E-state index contributed by atoms with van der Waals surface area (Å²) in [5, 5.41) is 11.4. The molecule has 0 saturated carbocycles. The predicted octanol–water partition coefficient (Wildman–Crippen LogP) is -0.953. The normalized spacial score (nSPS) is 11.8. The van der Waals surface area contributed by atoms with Crippen molar-refractivity contribution in [3.63, 3.8) is 0 Å². The molecule has 0 aliphatic carbocycles. The average molecular weight is 175 g/mol. The summed E-state index contributed by atoms with van der Waals surface area (Å²) in [4.78, 5) is 20.5. The van der Waals surface area contributed by atoms with Crippen LogP contribution >= 0.6 is 0 Å². The van der Waals surface area contributed by atoms with Crippen molar-refractivity contribution in [1.29, 1.82) is 0 Å². The third-order valence-corrected chi connectivity index (χ3v) is 1.20. The van der Waals surface area contributed by atoms with E-state index in [2.05, 4.69) is 10.1 Å². The van der Waals surface area contributed by atoms with Crippen molar-refractivity contribution in [1.82, 2.24) is 5.32 Å². The Morgan fingerprint density at radius 3 is 2.92 bits per heavy atom. The van der Waals surface area contributed by atoms with Crippen molar-refractivity contribution in [3.8, 4) is 0 Å². The van der Waals surface area contributed by atoms with Gasteiger partial charge < -0.3 is 15.2 Å². The summed E-state index contributed by atoms with van der Waals surface area (Å²) >= 11 is 0. The Kier molecular flexibility index (Phi) is 6.00. The Bertz CT molecular complexity index is 148. The van der Waals surface area contributed by atoms with Crippen molar-refractivity contribution in [2.75, 3.05) is 13.2 Å². The first-order chi connectivity index (χ1) is 5.72. The maximum atomic E-state index is 10.7. The molecule has 0 aliphatic rings. The zero-order valence-electron chi connectivity index (χ0n) is 6.95. The van der Waals surface area contributed by atoms with Gasteiger partial charge in [-0.25, -0.2) is 4.79 Å². The van der Waals surface area contributed by atoms with Crippen molar-refractivity contribution in [3.05, 3.63) is 0 Å². The van der Waals surface area contributed by atoms with Gasteiger partial charge in [-0.2, -0.15) is 0 Å². The first kappa shape index (κ1) is 10.9. The Labute approximate surface area is 70.7 Å². The molecule has 5 heteroatoms. The summed E-state index contributed by atoms with van der Waals surface area (Å²) < 4.78 is 4.53. The van der Waals surface area contributed by atoms with Gasteiger partial charge in [0.25, 0.3) is 0 Å². The smallest absolute Gasteiger partial charge is 0.335 e. The van der Waals surface area contributed by atoms with Gasteiger partial charge in [-0.3, -0.25) is 4.79 Å². The van der Waals surface area contributed by atoms with E-state index in [0.29, 0.717) is 6.41 Å². The van der Waals surface area contributed by atoms with Crippen LogP contribution in [0.25, 0.3) is 0 Å².